The van der Waals surface area contributed by atoms with Crippen molar-refractivity contribution in [1.82, 2.24) is 25.1 Å². The van der Waals surface area contributed by atoms with Crippen LogP contribution in [0.1, 0.15) is 17.8 Å². The molecule has 1 N–H and O–H groups in total. The molecule has 1 amide bonds. The van der Waals surface area contributed by atoms with Crippen molar-refractivity contribution in [3.8, 4) is 5.88 Å². The van der Waals surface area contributed by atoms with Gasteiger partial charge in [0.15, 0.2) is 11.5 Å². The number of amides is 1. The summed E-state index contributed by atoms with van der Waals surface area (Å²) in [5.74, 6) is 0.466. The highest BCUT2D eigenvalue weighted by Crippen LogP contribution is 2.10. The van der Waals surface area contributed by atoms with Crippen LogP contribution in [0.15, 0.2) is 36.4 Å². The van der Waals surface area contributed by atoms with Crippen molar-refractivity contribution in [2.24, 2.45) is 0 Å². The molecule has 0 atom stereocenters. The van der Waals surface area contributed by atoms with Gasteiger partial charge in [0.2, 0.25) is 11.8 Å². The van der Waals surface area contributed by atoms with Crippen molar-refractivity contribution in [1.29, 1.82) is 0 Å². The first kappa shape index (κ1) is 15.9. The summed E-state index contributed by atoms with van der Waals surface area (Å²) in [5.41, 5.74) is 1.03. The molecule has 124 valence electrons. The highest BCUT2D eigenvalue weighted by atomic mass is 19.1. The van der Waals surface area contributed by atoms with Crippen molar-refractivity contribution in [3.63, 3.8) is 0 Å². The second-order valence-electron chi connectivity index (χ2n) is 5.13. The van der Waals surface area contributed by atoms with Crippen LogP contribution in [0.5, 0.6) is 5.88 Å². The lowest BCUT2D eigenvalue weighted by atomic mass is 10.2. The van der Waals surface area contributed by atoms with Crippen LogP contribution in [0.3, 0.4) is 0 Å². The highest BCUT2D eigenvalue weighted by molar-refractivity contribution is 5.76. The zero-order valence-electron chi connectivity index (χ0n) is 13.1. The largest absolute Gasteiger partial charge is 0.480 e. The molecule has 0 aliphatic carbocycles. The number of fused-ring (bicyclic) bond motifs is 1. The SMILES string of the molecule is COc1ccc2nnc(CCC(=O)NCc3ccccc3F)n2n1. The van der Waals surface area contributed by atoms with Crippen molar-refractivity contribution < 1.29 is 13.9 Å². The van der Waals surface area contributed by atoms with E-state index >= 15 is 0 Å². The number of hydrogen-bond acceptors (Lipinski definition) is 5. The predicted octanol–water partition coefficient (Wildman–Crippen LogP) is 1.52. The molecule has 0 spiro atoms. The van der Waals surface area contributed by atoms with Crippen molar-refractivity contribution in [2.45, 2.75) is 19.4 Å². The molecule has 8 heteroatoms. The minimum absolute atomic E-state index is 0.151. The number of hydrogen-bond donors (Lipinski definition) is 1. The average molecular weight is 329 g/mol. The minimum Gasteiger partial charge on any atom is -0.480 e. The lowest BCUT2D eigenvalue weighted by Crippen LogP contribution is -2.23. The van der Waals surface area contributed by atoms with Crippen molar-refractivity contribution >= 4 is 11.6 Å². The van der Waals surface area contributed by atoms with Gasteiger partial charge in [-0.05, 0) is 12.1 Å². The summed E-state index contributed by atoms with van der Waals surface area (Å²) in [7, 11) is 1.52. The Morgan fingerprint density at radius 3 is 2.88 bits per heavy atom. The molecular weight excluding hydrogens is 313 g/mol. The van der Waals surface area contributed by atoms with Crippen molar-refractivity contribution in [2.75, 3.05) is 7.11 Å². The fourth-order valence-electron chi connectivity index (χ4n) is 2.23. The number of methoxy groups -OCH3 is 1. The van der Waals surface area contributed by atoms with Crippen LogP contribution >= 0.6 is 0 Å². The number of carbonyl (C=O) groups excluding carboxylic acids is 1. The van der Waals surface area contributed by atoms with Gasteiger partial charge in [-0.1, -0.05) is 18.2 Å². The van der Waals surface area contributed by atoms with Gasteiger partial charge in [0.25, 0.3) is 0 Å². The van der Waals surface area contributed by atoms with Crippen LogP contribution < -0.4 is 10.1 Å². The first-order valence-corrected chi connectivity index (χ1v) is 7.43. The molecule has 0 radical (unpaired) electrons. The monoisotopic (exact) mass is 329 g/mol. The lowest BCUT2D eigenvalue weighted by Gasteiger charge is -2.06. The molecule has 3 rings (SSSR count). The normalized spacial score (nSPS) is 10.8. The Bertz CT molecular complexity index is 865. The summed E-state index contributed by atoms with van der Waals surface area (Å²) in [6.07, 6.45) is 0.568. The molecule has 0 fully saturated rings. The number of benzene rings is 1. The van der Waals surface area contributed by atoms with Gasteiger partial charge < -0.3 is 10.1 Å². The number of rotatable bonds is 6. The first-order chi connectivity index (χ1) is 11.7. The molecule has 3 aromatic rings. The number of halogens is 1. The first-order valence-electron chi connectivity index (χ1n) is 7.43. The Labute approximate surface area is 137 Å². The number of nitrogens with zero attached hydrogens (tertiary/aromatic N) is 4. The third-order valence-corrected chi connectivity index (χ3v) is 3.52. The van der Waals surface area contributed by atoms with Crippen molar-refractivity contribution in [3.05, 3.63) is 53.6 Å². The third kappa shape index (κ3) is 3.48. The van der Waals surface area contributed by atoms with E-state index in [4.69, 9.17) is 4.74 Å². The fraction of sp³-hybridized carbons (Fsp3) is 0.250. The highest BCUT2D eigenvalue weighted by Gasteiger charge is 2.11. The van der Waals surface area contributed by atoms with E-state index in [1.807, 2.05) is 0 Å². The summed E-state index contributed by atoms with van der Waals surface area (Å²) in [6.45, 7) is 0.151. The molecular formula is C16H16FN5O2. The maximum absolute atomic E-state index is 13.5. The number of ether oxygens (including phenoxy) is 1. The van der Waals surface area contributed by atoms with Gasteiger partial charge in [-0.3, -0.25) is 4.79 Å². The van der Waals surface area contributed by atoms with Gasteiger partial charge in [-0.15, -0.1) is 15.3 Å². The number of aryl methyl sites for hydroxylation is 1. The fourth-order valence-corrected chi connectivity index (χ4v) is 2.23. The second-order valence-corrected chi connectivity index (χ2v) is 5.13. The van der Waals surface area contributed by atoms with Gasteiger partial charge in [-0.25, -0.2) is 4.39 Å². The molecule has 0 saturated heterocycles. The summed E-state index contributed by atoms with van der Waals surface area (Å²) in [4.78, 5) is 11.9. The van der Waals surface area contributed by atoms with E-state index in [0.29, 0.717) is 29.3 Å². The number of carbonyl (C=O) groups is 1. The molecule has 0 unspecified atom stereocenters. The summed E-state index contributed by atoms with van der Waals surface area (Å²) in [6, 6.07) is 9.76. The zero-order chi connectivity index (χ0) is 16.9. The van der Waals surface area contributed by atoms with Gasteiger partial charge >= 0.3 is 0 Å². The second kappa shape index (κ2) is 7.03. The van der Waals surface area contributed by atoms with Crippen LogP contribution in [0.25, 0.3) is 5.65 Å². The lowest BCUT2D eigenvalue weighted by molar-refractivity contribution is -0.121. The van der Waals surface area contributed by atoms with Crippen LogP contribution in [0, 0.1) is 5.82 Å². The smallest absolute Gasteiger partial charge is 0.231 e. The molecule has 24 heavy (non-hydrogen) atoms. The van der Waals surface area contributed by atoms with E-state index in [1.54, 1.807) is 34.8 Å². The number of aromatic nitrogens is 4. The molecule has 7 nitrogen and oxygen atoms in total. The van der Waals surface area contributed by atoms with E-state index in [9.17, 15) is 9.18 Å². The van der Waals surface area contributed by atoms with Crippen LogP contribution in [0.2, 0.25) is 0 Å². The summed E-state index contributed by atoms with van der Waals surface area (Å²) >= 11 is 0. The Kier molecular flexibility index (Phi) is 4.64. The van der Waals surface area contributed by atoms with Crippen LogP contribution in [0.4, 0.5) is 4.39 Å². The number of nitrogens with one attached hydrogen (secondary N) is 1. The van der Waals surface area contributed by atoms with Crippen LogP contribution in [-0.4, -0.2) is 32.8 Å². The predicted molar refractivity (Wildman–Crippen MR) is 83.9 cm³/mol. The molecule has 0 aliphatic rings. The van der Waals surface area contributed by atoms with Gasteiger partial charge in [0.1, 0.15) is 5.82 Å². The maximum Gasteiger partial charge on any atom is 0.231 e. The van der Waals surface area contributed by atoms with E-state index in [2.05, 4.69) is 20.6 Å². The van der Waals surface area contributed by atoms with E-state index in [0.717, 1.165) is 0 Å². The molecule has 1 aromatic carbocycles. The Balaban J connectivity index is 1.59. The Hall–Kier alpha value is -3.03. The minimum atomic E-state index is -0.336. The van der Waals surface area contributed by atoms with Gasteiger partial charge in [0, 0.05) is 31.0 Å². The van der Waals surface area contributed by atoms with Gasteiger partial charge in [-0.2, -0.15) is 4.52 Å². The summed E-state index contributed by atoms with van der Waals surface area (Å²) in [5, 5.41) is 14.9. The topological polar surface area (TPSA) is 81.4 Å². The quantitative estimate of drug-likeness (QED) is 0.741. The standard InChI is InChI=1S/C16H16FN5O2/c1-24-16-9-7-14-20-19-13(22(14)21-16)6-8-15(23)18-10-11-4-2-3-5-12(11)17/h2-5,7,9H,6,8,10H2,1H3,(H,18,23). The molecule has 0 aliphatic heterocycles. The van der Waals surface area contributed by atoms with E-state index in [1.165, 1.54) is 13.2 Å². The average Bonchev–Trinajstić information content (AvgIpc) is 3.01. The van der Waals surface area contributed by atoms with Gasteiger partial charge in [0.05, 0.1) is 7.11 Å². The summed E-state index contributed by atoms with van der Waals surface area (Å²) < 4.78 is 20.1. The Morgan fingerprint density at radius 1 is 1.25 bits per heavy atom. The van der Waals surface area contributed by atoms with E-state index in [-0.39, 0.29) is 24.7 Å². The van der Waals surface area contributed by atoms with E-state index < -0.39 is 0 Å². The maximum atomic E-state index is 13.5. The molecule has 2 aromatic heterocycles. The Morgan fingerprint density at radius 2 is 2.08 bits per heavy atom. The molecule has 0 saturated carbocycles. The molecule has 2 heterocycles. The zero-order valence-corrected chi connectivity index (χ0v) is 13.1. The van der Waals surface area contributed by atoms with Crippen LogP contribution in [-0.2, 0) is 17.8 Å². The molecule has 0 bridgehead atoms. The third-order valence-electron chi connectivity index (χ3n) is 3.52.